The van der Waals surface area contributed by atoms with Gasteiger partial charge < -0.3 is 16.2 Å². The molecule has 4 N–H and O–H groups in total. The predicted octanol–water partition coefficient (Wildman–Crippen LogP) is 1.17. The number of amides is 1. The first-order valence-corrected chi connectivity index (χ1v) is 3.86. The van der Waals surface area contributed by atoms with Gasteiger partial charge >= 0.3 is 6.09 Å². The zero-order valence-electron chi connectivity index (χ0n) is 7.41. The molecular formula is C9H12N2O2. The number of aryl methyl sites for hydroxylation is 1. The van der Waals surface area contributed by atoms with Gasteiger partial charge in [0.1, 0.15) is 6.61 Å². The Bertz CT molecular complexity index is 303. The van der Waals surface area contributed by atoms with Gasteiger partial charge in [0.05, 0.1) is 0 Å². The predicted molar refractivity (Wildman–Crippen MR) is 50.0 cm³/mol. The second-order valence-corrected chi connectivity index (χ2v) is 2.86. The molecule has 0 aromatic heterocycles. The number of hydrogen-bond acceptors (Lipinski definition) is 3. The first-order chi connectivity index (χ1) is 6.08. The fraction of sp³-hybridized carbons (Fsp3) is 0.222. The third kappa shape index (κ3) is 3.02. The Kier molecular flexibility index (Phi) is 2.74. The van der Waals surface area contributed by atoms with Crippen molar-refractivity contribution in [2.45, 2.75) is 13.5 Å². The molecule has 0 aliphatic rings. The Morgan fingerprint density at radius 3 is 2.69 bits per heavy atom. The minimum atomic E-state index is -0.778. The van der Waals surface area contributed by atoms with E-state index in [1.165, 1.54) is 0 Å². The standard InChI is InChI=1S/C9H12N2O2/c1-6-2-7(4-8(10)3-6)5-13-9(11)12/h2-4H,5,10H2,1H3,(H2,11,12). The van der Waals surface area contributed by atoms with E-state index in [1.807, 2.05) is 19.1 Å². The number of nitrogens with two attached hydrogens (primary N) is 2. The maximum atomic E-state index is 10.3. The molecule has 0 aliphatic heterocycles. The summed E-state index contributed by atoms with van der Waals surface area (Å²) in [4.78, 5) is 10.3. The van der Waals surface area contributed by atoms with E-state index in [4.69, 9.17) is 11.5 Å². The zero-order chi connectivity index (χ0) is 9.84. The number of carbonyl (C=O) groups excluding carboxylic acids is 1. The number of hydrogen-bond donors (Lipinski definition) is 2. The van der Waals surface area contributed by atoms with Gasteiger partial charge in [0.2, 0.25) is 0 Å². The highest BCUT2D eigenvalue weighted by atomic mass is 16.5. The SMILES string of the molecule is Cc1cc(N)cc(COC(N)=O)c1. The first-order valence-electron chi connectivity index (χ1n) is 3.86. The number of primary amides is 1. The molecule has 0 aliphatic carbocycles. The van der Waals surface area contributed by atoms with Crippen molar-refractivity contribution in [3.8, 4) is 0 Å². The van der Waals surface area contributed by atoms with Crippen molar-refractivity contribution >= 4 is 11.8 Å². The number of carbonyl (C=O) groups is 1. The largest absolute Gasteiger partial charge is 0.445 e. The highest BCUT2D eigenvalue weighted by molar-refractivity contribution is 5.64. The molecule has 0 bridgehead atoms. The van der Waals surface area contributed by atoms with Gasteiger partial charge in [-0.05, 0) is 30.2 Å². The Morgan fingerprint density at radius 1 is 1.46 bits per heavy atom. The highest BCUT2D eigenvalue weighted by Crippen LogP contribution is 2.11. The van der Waals surface area contributed by atoms with Crippen LogP contribution in [0.4, 0.5) is 10.5 Å². The molecule has 0 atom stereocenters. The molecule has 70 valence electrons. The van der Waals surface area contributed by atoms with Gasteiger partial charge in [0.25, 0.3) is 0 Å². The van der Waals surface area contributed by atoms with E-state index >= 15 is 0 Å². The summed E-state index contributed by atoms with van der Waals surface area (Å²) < 4.78 is 4.62. The monoisotopic (exact) mass is 180 g/mol. The Hall–Kier alpha value is -1.71. The van der Waals surface area contributed by atoms with Crippen LogP contribution in [0.5, 0.6) is 0 Å². The molecule has 0 saturated heterocycles. The third-order valence-electron chi connectivity index (χ3n) is 1.54. The second-order valence-electron chi connectivity index (χ2n) is 2.86. The van der Waals surface area contributed by atoms with E-state index in [1.54, 1.807) is 6.07 Å². The number of rotatable bonds is 2. The Labute approximate surface area is 76.5 Å². The van der Waals surface area contributed by atoms with Gasteiger partial charge in [-0.3, -0.25) is 0 Å². The van der Waals surface area contributed by atoms with Crippen LogP contribution in [0, 0.1) is 6.92 Å². The van der Waals surface area contributed by atoms with Crippen LogP contribution in [0.3, 0.4) is 0 Å². The lowest BCUT2D eigenvalue weighted by Gasteiger charge is -2.04. The molecule has 0 heterocycles. The minimum Gasteiger partial charge on any atom is -0.445 e. The first kappa shape index (κ1) is 9.38. The Morgan fingerprint density at radius 2 is 2.15 bits per heavy atom. The summed E-state index contributed by atoms with van der Waals surface area (Å²) in [6, 6.07) is 5.48. The number of nitrogen functional groups attached to an aromatic ring is 1. The fourth-order valence-electron chi connectivity index (χ4n) is 1.13. The van der Waals surface area contributed by atoms with Crippen molar-refractivity contribution < 1.29 is 9.53 Å². The molecule has 0 fully saturated rings. The lowest BCUT2D eigenvalue weighted by molar-refractivity contribution is 0.150. The molecule has 1 aromatic rings. The molecular weight excluding hydrogens is 168 g/mol. The minimum absolute atomic E-state index is 0.168. The van der Waals surface area contributed by atoms with Gasteiger partial charge in [-0.25, -0.2) is 4.79 Å². The van der Waals surface area contributed by atoms with Crippen LogP contribution in [0.1, 0.15) is 11.1 Å². The van der Waals surface area contributed by atoms with Crippen LogP contribution < -0.4 is 11.5 Å². The summed E-state index contributed by atoms with van der Waals surface area (Å²) in [5.41, 5.74) is 12.9. The molecule has 1 amide bonds. The van der Waals surface area contributed by atoms with Crippen LogP contribution in [0.2, 0.25) is 0 Å². The van der Waals surface area contributed by atoms with E-state index in [0.29, 0.717) is 5.69 Å². The van der Waals surface area contributed by atoms with Gasteiger partial charge in [-0.15, -0.1) is 0 Å². The number of ether oxygens (including phenoxy) is 1. The third-order valence-corrected chi connectivity index (χ3v) is 1.54. The molecule has 4 heteroatoms. The van der Waals surface area contributed by atoms with Crippen LogP contribution >= 0.6 is 0 Å². The van der Waals surface area contributed by atoms with E-state index in [9.17, 15) is 4.79 Å². The number of benzene rings is 1. The maximum absolute atomic E-state index is 10.3. The summed E-state index contributed by atoms with van der Waals surface area (Å²) in [6.45, 7) is 2.09. The summed E-state index contributed by atoms with van der Waals surface area (Å²) in [6.07, 6.45) is -0.778. The quantitative estimate of drug-likeness (QED) is 0.670. The molecule has 0 radical (unpaired) electrons. The normalized spacial score (nSPS) is 9.62. The average Bonchev–Trinajstić information content (AvgIpc) is 1.99. The summed E-state index contributed by atoms with van der Waals surface area (Å²) >= 11 is 0. The van der Waals surface area contributed by atoms with Gasteiger partial charge in [0.15, 0.2) is 0 Å². The smallest absolute Gasteiger partial charge is 0.404 e. The lowest BCUT2D eigenvalue weighted by Crippen LogP contribution is -2.12. The van der Waals surface area contributed by atoms with E-state index in [0.717, 1.165) is 11.1 Å². The van der Waals surface area contributed by atoms with Crippen LogP contribution in [0.25, 0.3) is 0 Å². The van der Waals surface area contributed by atoms with Gasteiger partial charge in [-0.2, -0.15) is 0 Å². The topological polar surface area (TPSA) is 78.3 Å². The molecule has 1 aromatic carbocycles. The van der Waals surface area contributed by atoms with Gasteiger partial charge in [0, 0.05) is 5.69 Å². The molecule has 4 nitrogen and oxygen atoms in total. The van der Waals surface area contributed by atoms with E-state index in [-0.39, 0.29) is 6.61 Å². The van der Waals surface area contributed by atoms with E-state index in [2.05, 4.69) is 4.74 Å². The lowest BCUT2D eigenvalue weighted by atomic mass is 10.1. The second kappa shape index (κ2) is 3.80. The van der Waals surface area contributed by atoms with Crippen molar-refractivity contribution in [2.75, 3.05) is 5.73 Å². The Balaban J connectivity index is 2.71. The van der Waals surface area contributed by atoms with Crippen molar-refractivity contribution in [2.24, 2.45) is 5.73 Å². The van der Waals surface area contributed by atoms with Crippen LogP contribution in [0.15, 0.2) is 18.2 Å². The van der Waals surface area contributed by atoms with Crippen LogP contribution in [-0.2, 0) is 11.3 Å². The maximum Gasteiger partial charge on any atom is 0.404 e. The average molecular weight is 180 g/mol. The molecule has 0 unspecified atom stereocenters. The summed E-state index contributed by atoms with van der Waals surface area (Å²) in [5.74, 6) is 0. The fourth-order valence-corrected chi connectivity index (χ4v) is 1.13. The van der Waals surface area contributed by atoms with E-state index < -0.39 is 6.09 Å². The molecule has 0 saturated carbocycles. The molecule has 13 heavy (non-hydrogen) atoms. The summed E-state index contributed by atoms with van der Waals surface area (Å²) in [5, 5.41) is 0. The van der Waals surface area contributed by atoms with Crippen LogP contribution in [-0.4, -0.2) is 6.09 Å². The highest BCUT2D eigenvalue weighted by Gasteiger charge is 1.98. The van der Waals surface area contributed by atoms with Crippen molar-refractivity contribution in [1.82, 2.24) is 0 Å². The van der Waals surface area contributed by atoms with Gasteiger partial charge in [-0.1, -0.05) is 6.07 Å². The van der Waals surface area contributed by atoms with Crippen molar-refractivity contribution in [3.05, 3.63) is 29.3 Å². The molecule has 1 rings (SSSR count). The van der Waals surface area contributed by atoms with Crippen molar-refractivity contribution in [1.29, 1.82) is 0 Å². The molecule has 0 spiro atoms. The number of anilines is 1. The zero-order valence-corrected chi connectivity index (χ0v) is 7.41. The van der Waals surface area contributed by atoms with Crippen molar-refractivity contribution in [3.63, 3.8) is 0 Å². The summed E-state index contributed by atoms with van der Waals surface area (Å²) in [7, 11) is 0.